The number of Topliss-reactive ketones (excluding diaryl/α,β-unsaturated/α-hetero) is 1. The van der Waals surface area contributed by atoms with Crippen LogP contribution in [-0.2, 0) is 4.79 Å². The predicted molar refractivity (Wildman–Crippen MR) is 123 cm³/mol. The molecule has 0 aromatic heterocycles. The molecule has 0 bridgehead atoms. The van der Waals surface area contributed by atoms with E-state index in [1.165, 1.54) is 0 Å². The molecule has 156 valence electrons. The number of carbonyl (C=O) groups excluding carboxylic acids is 3. The molecular formula is C22H19BrClNO4S. The van der Waals surface area contributed by atoms with E-state index < -0.39 is 11.1 Å². The SMILES string of the molecule is CC(C)COc1ccc(/C=C2/SC(=O)N(CC(=O)c3ccc(Cl)cc3)C2=O)cc1Br. The molecule has 0 radical (unpaired) electrons. The minimum Gasteiger partial charge on any atom is -0.492 e. The molecule has 2 amide bonds. The lowest BCUT2D eigenvalue weighted by Crippen LogP contribution is -2.33. The fourth-order valence-electron chi connectivity index (χ4n) is 2.64. The second-order valence-electron chi connectivity index (χ2n) is 7.09. The standard InChI is InChI=1S/C22H19BrClNO4S/c1-13(2)12-29-19-8-3-14(9-17(19)23)10-20-21(27)25(22(28)30-20)11-18(26)15-4-6-16(24)7-5-15/h3-10,13H,11-12H2,1-2H3/b20-10+. The molecule has 0 unspecified atom stereocenters. The molecule has 0 N–H and O–H groups in total. The van der Waals surface area contributed by atoms with E-state index in [4.69, 9.17) is 16.3 Å². The van der Waals surface area contributed by atoms with E-state index in [2.05, 4.69) is 29.8 Å². The van der Waals surface area contributed by atoms with Gasteiger partial charge in [-0.3, -0.25) is 19.3 Å². The van der Waals surface area contributed by atoms with Gasteiger partial charge in [-0.1, -0.05) is 31.5 Å². The average molecular weight is 509 g/mol. The van der Waals surface area contributed by atoms with Gasteiger partial charge in [0.2, 0.25) is 0 Å². The highest BCUT2D eigenvalue weighted by Gasteiger charge is 2.36. The summed E-state index contributed by atoms with van der Waals surface area (Å²) in [7, 11) is 0. The Balaban J connectivity index is 1.72. The van der Waals surface area contributed by atoms with Gasteiger partial charge < -0.3 is 4.74 Å². The number of imide groups is 1. The van der Waals surface area contributed by atoms with Crippen molar-refractivity contribution in [3.05, 3.63) is 68.0 Å². The zero-order valence-electron chi connectivity index (χ0n) is 16.4. The fraction of sp³-hybridized carbons (Fsp3) is 0.227. The van der Waals surface area contributed by atoms with E-state index in [0.29, 0.717) is 28.9 Å². The third-order valence-electron chi connectivity index (χ3n) is 4.17. The van der Waals surface area contributed by atoms with Crippen LogP contribution in [0, 0.1) is 5.92 Å². The molecule has 1 heterocycles. The lowest BCUT2D eigenvalue weighted by Gasteiger charge is -2.11. The van der Waals surface area contributed by atoms with Crippen LogP contribution in [0.15, 0.2) is 51.8 Å². The Morgan fingerprint density at radius 3 is 2.53 bits per heavy atom. The molecule has 30 heavy (non-hydrogen) atoms. The van der Waals surface area contributed by atoms with Crippen molar-refractivity contribution in [1.29, 1.82) is 0 Å². The van der Waals surface area contributed by atoms with Crippen molar-refractivity contribution in [1.82, 2.24) is 4.90 Å². The van der Waals surface area contributed by atoms with E-state index in [9.17, 15) is 14.4 Å². The molecule has 2 aromatic carbocycles. The number of hydrogen-bond donors (Lipinski definition) is 0. The highest BCUT2D eigenvalue weighted by atomic mass is 79.9. The Labute approximate surface area is 192 Å². The van der Waals surface area contributed by atoms with Gasteiger partial charge in [0.25, 0.3) is 11.1 Å². The molecule has 0 atom stereocenters. The van der Waals surface area contributed by atoms with Crippen LogP contribution in [0.4, 0.5) is 4.79 Å². The summed E-state index contributed by atoms with van der Waals surface area (Å²) in [5.74, 6) is 0.300. The Morgan fingerprint density at radius 2 is 1.90 bits per heavy atom. The van der Waals surface area contributed by atoms with Crippen molar-refractivity contribution in [3.63, 3.8) is 0 Å². The summed E-state index contributed by atoms with van der Waals surface area (Å²) >= 11 is 10.1. The maximum Gasteiger partial charge on any atom is 0.293 e. The Morgan fingerprint density at radius 1 is 1.20 bits per heavy atom. The minimum atomic E-state index is -0.483. The summed E-state index contributed by atoms with van der Waals surface area (Å²) in [6, 6.07) is 11.8. The monoisotopic (exact) mass is 507 g/mol. The maximum atomic E-state index is 12.7. The molecule has 5 nitrogen and oxygen atoms in total. The number of thioether (sulfide) groups is 1. The molecule has 1 saturated heterocycles. The van der Waals surface area contributed by atoms with Crippen LogP contribution in [0.25, 0.3) is 6.08 Å². The number of carbonyl (C=O) groups is 3. The van der Waals surface area contributed by atoms with E-state index in [1.54, 1.807) is 30.3 Å². The van der Waals surface area contributed by atoms with E-state index in [1.807, 2.05) is 18.2 Å². The van der Waals surface area contributed by atoms with Gasteiger partial charge in [0.05, 0.1) is 22.5 Å². The fourth-order valence-corrected chi connectivity index (χ4v) is 4.11. The second-order valence-corrected chi connectivity index (χ2v) is 9.38. The van der Waals surface area contributed by atoms with Crippen molar-refractivity contribution in [3.8, 4) is 5.75 Å². The van der Waals surface area contributed by atoms with Crippen molar-refractivity contribution in [2.45, 2.75) is 13.8 Å². The second kappa shape index (κ2) is 9.81. The van der Waals surface area contributed by atoms with Crippen LogP contribution < -0.4 is 4.74 Å². The van der Waals surface area contributed by atoms with Crippen LogP contribution in [0.5, 0.6) is 5.75 Å². The molecular weight excluding hydrogens is 490 g/mol. The van der Waals surface area contributed by atoms with Gasteiger partial charge in [0.1, 0.15) is 5.75 Å². The molecule has 0 aliphatic carbocycles. The Bertz CT molecular complexity index is 1020. The van der Waals surface area contributed by atoms with Crippen molar-refractivity contribution in [2.75, 3.05) is 13.2 Å². The van der Waals surface area contributed by atoms with Gasteiger partial charge in [-0.25, -0.2) is 0 Å². The van der Waals surface area contributed by atoms with Gasteiger partial charge in [-0.05, 0) is 81.6 Å². The van der Waals surface area contributed by atoms with Crippen molar-refractivity contribution >= 4 is 62.3 Å². The van der Waals surface area contributed by atoms with Crippen molar-refractivity contribution < 1.29 is 19.1 Å². The molecule has 1 aliphatic rings. The van der Waals surface area contributed by atoms with E-state index in [0.717, 1.165) is 26.7 Å². The summed E-state index contributed by atoms with van der Waals surface area (Å²) in [4.78, 5) is 38.6. The topological polar surface area (TPSA) is 63.7 Å². The number of benzene rings is 2. The lowest BCUT2D eigenvalue weighted by atomic mass is 10.1. The molecule has 1 aliphatic heterocycles. The third kappa shape index (κ3) is 5.53. The minimum absolute atomic E-state index is 0.270. The van der Waals surface area contributed by atoms with Gasteiger partial charge in [-0.2, -0.15) is 0 Å². The summed E-state index contributed by atoms with van der Waals surface area (Å²) < 4.78 is 6.48. The Hall–Kier alpha value is -2.09. The molecule has 0 saturated carbocycles. The zero-order valence-corrected chi connectivity index (χ0v) is 19.5. The average Bonchev–Trinajstić information content (AvgIpc) is 2.95. The number of ketones is 1. The van der Waals surface area contributed by atoms with Gasteiger partial charge in [-0.15, -0.1) is 0 Å². The summed E-state index contributed by atoms with van der Waals surface area (Å²) in [6.07, 6.45) is 1.63. The number of halogens is 2. The largest absolute Gasteiger partial charge is 0.492 e. The highest BCUT2D eigenvalue weighted by Crippen LogP contribution is 2.34. The summed E-state index contributed by atoms with van der Waals surface area (Å²) in [5.41, 5.74) is 1.14. The van der Waals surface area contributed by atoms with Gasteiger partial charge in [0, 0.05) is 10.6 Å². The first-order chi connectivity index (χ1) is 14.2. The lowest BCUT2D eigenvalue weighted by molar-refractivity contribution is -0.122. The Kier molecular flexibility index (Phi) is 7.39. The first-order valence-corrected chi connectivity index (χ1v) is 11.2. The maximum absolute atomic E-state index is 12.7. The number of rotatable bonds is 7. The third-order valence-corrected chi connectivity index (χ3v) is 5.95. The van der Waals surface area contributed by atoms with Gasteiger partial charge in [0.15, 0.2) is 5.78 Å². The van der Waals surface area contributed by atoms with Crippen LogP contribution in [0.1, 0.15) is 29.8 Å². The van der Waals surface area contributed by atoms with Crippen LogP contribution >= 0.6 is 39.3 Å². The molecule has 3 rings (SSSR count). The number of ether oxygens (including phenoxy) is 1. The number of nitrogens with zero attached hydrogens (tertiary/aromatic N) is 1. The van der Waals surface area contributed by atoms with Crippen LogP contribution in [0.3, 0.4) is 0 Å². The zero-order chi connectivity index (χ0) is 21.8. The number of amides is 2. The highest BCUT2D eigenvalue weighted by molar-refractivity contribution is 9.10. The van der Waals surface area contributed by atoms with Crippen molar-refractivity contribution in [2.24, 2.45) is 5.92 Å². The van der Waals surface area contributed by atoms with E-state index >= 15 is 0 Å². The molecule has 0 spiro atoms. The first-order valence-electron chi connectivity index (χ1n) is 9.21. The van der Waals surface area contributed by atoms with E-state index in [-0.39, 0.29) is 17.2 Å². The normalized spacial score (nSPS) is 15.4. The van der Waals surface area contributed by atoms with Gasteiger partial charge >= 0.3 is 0 Å². The van der Waals surface area contributed by atoms with Crippen LogP contribution in [0.2, 0.25) is 5.02 Å². The summed E-state index contributed by atoms with van der Waals surface area (Å²) in [5, 5.41) is 0.0388. The molecule has 8 heteroatoms. The predicted octanol–water partition coefficient (Wildman–Crippen LogP) is 6.06. The molecule has 2 aromatic rings. The first kappa shape index (κ1) is 22.6. The summed E-state index contributed by atoms with van der Waals surface area (Å²) in [6.45, 7) is 4.42. The smallest absolute Gasteiger partial charge is 0.293 e. The molecule has 1 fully saturated rings. The van der Waals surface area contributed by atoms with Crippen LogP contribution in [-0.4, -0.2) is 35.0 Å². The number of hydrogen-bond acceptors (Lipinski definition) is 5. The quantitative estimate of drug-likeness (QED) is 0.336.